The second-order valence-corrected chi connectivity index (χ2v) is 4.93. The average molecular weight is 276 g/mol. The minimum absolute atomic E-state index is 0.236. The molecule has 17 heavy (non-hydrogen) atoms. The minimum Gasteiger partial charge on any atom is -0.398 e. The zero-order valence-corrected chi connectivity index (χ0v) is 10.8. The molecule has 1 atom stereocenters. The number of rotatable bonds is 5. The molecule has 94 valence electrons. The van der Waals surface area contributed by atoms with E-state index in [9.17, 15) is 4.79 Å². The van der Waals surface area contributed by atoms with Crippen LogP contribution in [0.25, 0.3) is 0 Å². The van der Waals surface area contributed by atoms with E-state index < -0.39 is 5.25 Å². The van der Waals surface area contributed by atoms with Gasteiger partial charge in [-0.2, -0.15) is 0 Å². The highest BCUT2D eigenvalue weighted by molar-refractivity contribution is 8.00. The van der Waals surface area contributed by atoms with Crippen LogP contribution in [0.1, 0.15) is 0 Å². The Morgan fingerprint density at radius 1 is 1.65 bits per heavy atom. The maximum atomic E-state index is 11.5. The summed E-state index contributed by atoms with van der Waals surface area (Å²) in [5, 5.41) is 0.0943. The molecule has 1 unspecified atom stereocenters. The predicted molar refractivity (Wildman–Crippen MR) is 69.7 cm³/mol. The van der Waals surface area contributed by atoms with Gasteiger partial charge in [0.05, 0.1) is 6.61 Å². The summed E-state index contributed by atoms with van der Waals surface area (Å²) < 4.78 is 4.96. The molecule has 1 rings (SSSR count). The number of nitrogen functional groups attached to an aromatic ring is 1. The number of thioether (sulfide) groups is 1. The molecular weight excluding hydrogens is 262 g/mol. The lowest BCUT2D eigenvalue weighted by Crippen LogP contribution is -2.39. The molecule has 0 aliphatic rings. The van der Waals surface area contributed by atoms with Crippen LogP contribution in [0.3, 0.4) is 0 Å². The molecule has 0 aliphatic heterocycles. The van der Waals surface area contributed by atoms with Gasteiger partial charge < -0.3 is 10.5 Å². The molecule has 0 aliphatic carbocycles. The molecule has 0 fully saturated rings. The maximum Gasteiger partial charge on any atom is 0.249 e. The van der Waals surface area contributed by atoms with Crippen molar-refractivity contribution in [2.45, 2.75) is 10.1 Å². The number of carbonyl (C=O) groups is 1. The monoisotopic (exact) mass is 275 g/mol. The quantitative estimate of drug-likeness (QED) is 0.245. The number of nitrogens with two attached hydrogens (primary N) is 2. The van der Waals surface area contributed by atoms with Gasteiger partial charge in [-0.25, -0.2) is 5.84 Å². The summed E-state index contributed by atoms with van der Waals surface area (Å²) in [6.07, 6.45) is 0. The molecule has 0 saturated carbocycles. The first kappa shape index (κ1) is 14.1. The fraction of sp³-hybridized carbons (Fsp3) is 0.300. The minimum atomic E-state index is -0.467. The lowest BCUT2D eigenvalue weighted by Gasteiger charge is -2.15. The van der Waals surface area contributed by atoms with Gasteiger partial charge in [0.25, 0.3) is 0 Å². The highest BCUT2D eigenvalue weighted by Crippen LogP contribution is 2.31. The normalized spacial score (nSPS) is 12.2. The zero-order chi connectivity index (χ0) is 12.8. The van der Waals surface area contributed by atoms with E-state index in [0.29, 0.717) is 10.7 Å². The average Bonchev–Trinajstić information content (AvgIpc) is 2.32. The molecule has 0 spiro atoms. The zero-order valence-electron chi connectivity index (χ0n) is 9.27. The fourth-order valence-electron chi connectivity index (χ4n) is 1.17. The Morgan fingerprint density at radius 3 is 2.94 bits per heavy atom. The number of benzene rings is 1. The van der Waals surface area contributed by atoms with E-state index in [0.717, 1.165) is 4.90 Å². The number of methoxy groups -OCH3 is 1. The lowest BCUT2D eigenvalue weighted by molar-refractivity contribution is -0.121. The number of ether oxygens (including phenoxy) is 1. The molecule has 0 heterocycles. The van der Waals surface area contributed by atoms with Crippen LogP contribution in [-0.4, -0.2) is 24.9 Å². The van der Waals surface area contributed by atoms with E-state index >= 15 is 0 Å². The summed E-state index contributed by atoms with van der Waals surface area (Å²) in [5.74, 6) is 4.78. The van der Waals surface area contributed by atoms with Crippen LogP contribution in [0.2, 0.25) is 5.02 Å². The molecule has 1 aromatic rings. The number of anilines is 1. The van der Waals surface area contributed by atoms with Crippen molar-refractivity contribution in [2.24, 2.45) is 5.84 Å². The molecule has 0 aromatic heterocycles. The van der Waals surface area contributed by atoms with E-state index in [2.05, 4.69) is 5.43 Å². The van der Waals surface area contributed by atoms with Crippen molar-refractivity contribution in [3.8, 4) is 0 Å². The van der Waals surface area contributed by atoms with Crippen LogP contribution >= 0.6 is 23.4 Å². The summed E-state index contributed by atoms with van der Waals surface area (Å²) in [7, 11) is 1.51. The second-order valence-electron chi connectivity index (χ2n) is 3.25. The molecule has 0 radical (unpaired) electrons. The Bertz CT molecular complexity index is 403. The molecule has 5 nitrogen and oxygen atoms in total. The summed E-state index contributed by atoms with van der Waals surface area (Å²) in [6, 6.07) is 5.08. The lowest BCUT2D eigenvalue weighted by atomic mass is 10.3. The van der Waals surface area contributed by atoms with Gasteiger partial charge in [0, 0.05) is 22.7 Å². The van der Waals surface area contributed by atoms with Gasteiger partial charge in [0.15, 0.2) is 0 Å². The molecule has 0 saturated heterocycles. The van der Waals surface area contributed by atoms with Crippen molar-refractivity contribution in [3.05, 3.63) is 23.2 Å². The first-order chi connectivity index (χ1) is 8.08. The highest BCUT2D eigenvalue weighted by atomic mass is 35.5. The number of carbonyl (C=O) groups excluding carboxylic acids is 1. The second kappa shape index (κ2) is 6.70. The fourth-order valence-corrected chi connectivity index (χ4v) is 2.49. The number of amides is 1. The Labute approximate surface area is 109 Å². The standard InChI is InChI=1S/C10H14ClN3O2S/c1-16-5-9(10(15)14-13)17-8-4-6(11)2-3-7(8)12/h2-4,9H,5,12-13H2,1H3,(H,14,15). The summed E-state index contributed by atoms with van der Waals surface area (Å²) >= 11 is 7.13. The number of halogens is 1. The Balaban J connectivity index is 2.85. The van der Waals surface area contributed by atoms with E-state index in [1.165, 1.54) is 18.9 Å². The molecule has 5 N–H and O–H groups in total. The number of nitrogens with one attached hydrogen (secondary N) is 1. The van der Waals surface area contributed by atoms with Crippen molar-refractivity contribution < 1.29 is 9.53 Å². The van der Waals surface area contributed by atoms with E-state index in [1.54, 1.807) is 18.2 Å². The van der Waals surface area contributed by atoms with E-state index in [1.807, 2.05) is 0 Å². The van der Waals surface area contributed by atoms with Gasteiger partial charge in [0.2, 0.25) is 5.91 Å². The van der Waals surface area contributed by atoms with Gasteiger partial charge >= 0.3 is 0 Å². The number of hydrogen-bond donors (Lipinski definition) is 3. The van der Waals surface area contributed by atoms with Crippen LogP contribution in [-0.2, 0) is 9.53 Å². The van der Waals surface area contributed by atoms with Crippen LogP contribution < -0.4 is 17.0 Å². The smallest absolute Gasteiger partial charge is 0.249 e. The van der Waals surface area contributed by atoms with Crippen molar-refractivity contribution in [1.29, 1.82) is 0 Å². The van der Waals surface area contributed by atoms with Crippen LogP contribution in [0, 0.1) is 0 Å². The molecule has 1 amide bonds. The van der Waals surface area contributed by atoms with E-state index in [-0.39, 0.29) is 12.5 Å². The molecule has 7 heteroatoms. The SMILES string of the molecule is COCC(Sc1cc(Cl)ccc1N)C(=O)NN. The Kier molecular flexibility index (Phi) is 5.57. The summed E-state index contributed by atoms with van der Waals surface area (Å²) in [5.41, 5.74) is 8.44. The van der Waals surface area contributed by atoms with E-state index in [4.69, 9.17) is 27.9 Å². The van der Waals surface area contributed by atoms with Gasteiger partial charge in [0.1, 0.15) is 5.25 Å². The predicted octanol–water partition coefficient (Wildman–Crippen LogP) is 1.02. The third kappa shape index (κ3) is 4.08. The van der Waals surface area contributed by atoms with Crippen molar-refractivity contribution in [3.63, 3.8) is 0 Å². The number of hydrazine groups is 1. The Morgan fingerprint density at radius 2 is 2.35 bits per heavy atom. The van der Waals surface area contributed by atoms with Gasteiger partial charge in [-0.1, -0.05) is 11.6 Å². The summed E-state index contributed by atoms with van der Waals surface area (Å²) in [6.45, 7) is 0.236. The molecular formula is C10H14ClN3O2S. The molecule has 0 bridgehead atoms. The first-order valence-corrected chi connectivity index (χ1v) is 6.05. The van der Waals surface area contributed by atoms with Gasteiger partial charge in [-0.3, -0.25) is 10.2 Å². The topological polar surface area (TPSA) is 90.4 Å². The van der Waals surface area contributed by atoms with Crippen LogP contribution in [0.15, 0.2) is 23.1 Å². The highest BCUT2D eigenvalue weighted by Gasteiger charge is 2.20. The van der Waals surface area contributed by atoms with Gasteiger partial charge in [-0.05, 0) is 18.2 Å². The van der Waals surface area contributed by atoms with Crippen LogP contribution in [0.4, 0.5) is 5.69 Å². The third-order valence-corrected chi connectivity index (χ3v) is 3.47. The van der Waals surface area contributed by atoms with Crippen molar-refractivity contribution in [2.75, 3.05) is 19.5 Å². The first-order valence-electron chi connectivity index (χ1n) is 4.79. The van der Waals surface area contributed by atoms with Crippen LogP contribution in [0.5, 0.6) is 0 Å². The Hall–Kier alpha value is -0.950. The maximum absolute atomic E-state index is 11.5. The van der Waals surface area contributed by atoms with Crippen molar-refractivity contribution >= 4 is 35.0 Å². The largest absolute Gasteiger partial charge is 0.398 e. The van der Waals surface area contributed by atoms with Gasteiger partial charge in [-0.15, -0.1) is 11.8 Å². The number of hydrogen-bond acceptors (Lipinski definition) is 5. The van der Waals surface area contributed by atoms with Crippen molar-refractivity contribution in [1.82, 2.24) is 5.43 Å². The third-order valence-electron chi connectivity index (χ3n) is 2.00. The molecule has 1 aromatic carbocycles. The summed E-state index contributed by atoms with van der Waals surface area (Å²) in [4.78, 5) is 12.2.